The van der Waals surface area contributed by atoms with Crippen molar-refractivity contribution in [2.45, 2.75) is 25.1 Å². The maximum Gasteiger partial charge on any atom is 0.249 e. The molecule has 0 aliphatic heterocycles. The Morgan fingerprint density at radius 2 is 2.36 bits per heavy atom. The number of rotatable bonds is 3. The van der Waals surface area contributed by atoms with Crippen LogP contribution >= 0.6 is 15.9 Å². The molecule has 0 saturated carbocycles. The maximum atomic E-state index is 11.1. The summed E-state index contributed by atoms with van der Waals surface area (Å²) < 4.78 is 0. The third-order valence-electron chi connectivity index (χ3n) is 1.17. The molecule has 0 aromatic carbocycles. The number of nitriles is 1. The van der Waals surface area contributed by atoms with E-state index in [-0.39, 0.29) is 10.7 Å². The number of hydrogen-bond donors (Lipinski definition) is 0. The summed E-state index contributed by atoms with van der Waals surface area (Å²) in [6.45, 7) is 4.14. The predicted octanol–water partition coefficient (Wildman–Crippen LogP) is 1.49. The average molecular weight is 219 g/mol. The molecule has 0 fully saturated rings. The van der Waals surface area contributed by atoms with E-state index in [9.17, 15) is 4.79 Å². The zero-order valence-electron chi connectivity index (χ0n) is 6.67. The van der Waals surface area contributed by atoms with E-state index in [1.165, 1.54) is 4.90 Å². The highest BCUT2D eigenvalue weighted by Crippen LogP contribution is 2.03. The molecule has 1 unspecified atom stereocenters. The van der Waals surface area contributed by atoms with Crippen molar-refractivity contribution in [2.75, 3.05) is 6.54 Å². The van der Waals surface area contributed by atoms with Gasteiger partial charge in [-0.2, -0.15) is 5.26 Å². The third-order valence-corrected chi connectivity index (χ3v) is 1.57. The predicted molar refractivity (Wildman–Crippen MR) is 46.0 cm³/mol. The zero-order valence-corrected chi connectivity index (χ0v) is 8.26. The Balaban J connectivity index is 4.06. The molecular weight excluding hydrogens is 208 g/mol. The molecule has 0 bridgehead atoms. The molecule has 11 heavy (non-hydrogen) atoms. The second kappa shape index (κ2) is 5.14. The van der Waals surface area contributed by atoms with Gasteiger partial charge >= 0.3 is 0 Å². The maximum absolute atomic E-state index is 11.1. The molecule has 0 rings (SSSR count). The van der Waals surface area contributed by atoms with E-state index < -0.39 is 0 Å². The molecule has 1 atom stereocenters. The van der Waals surface area contributed by atoms with Gasteiger partial charge in [0.2, 0.25) is 5.91 Å². The first-order chi connectivity index (χ1) is 5.13. The van der Waals surface area contributed by atoms with Gasteiger partial charge in [0.25, 0.3) is 0 Å². The summed E-state index contributed by atoms with van der Waals surface area (Å²) in [5, 5.41) is 8.51. The van der Waals surface area contributed by atoms with Crippen molar-refractivity contribution in [1.82, 2.24) is 4.90 Å². The van der Waals surface area contributed by atoms with E-state index in [1.54, 1.807) is 6.92 Å². The molecule has 0 N–H and O–H groups in total. The fraction of sp³-hybridized carbons (Fsp3) is 0.714. The van der Waals surface area contributed by atoms with Crippen LogP contribution in [0.15, 0.2) is 0 Å². The van der Waals surface area contributed by atoms with Gasteiger partial charge in [0.15, 0.2) is 6.19 Å². The summed E-state index contributed by atoms with van der Waals surface area (Å²) in [6.07, 6.45) is 2.64. The SMILES string of the molecule is CCCN(C#N)C(=O)C(C)Br. The first-order valence-electron chi connectivity index (χ1n) is 3.48. The lowest BCUT2D eigenvalue weighted by Gasteiger charge is -2.13. The standard InChI is InChI=1S/C7H11BrN2O/c1-3-4-10(5-9)7(11)6(2)8/h6H,3-4H2,1-2H3. The lowest BCUT2D eigenvalue weighted by molar-refractivity contribution is -0.127. The third kappa shape index (κ3) is 3.38. The van der Waals surface area contributed by atoms with Gasteiger partial charge < -0.3 is 0 Å². The summed E-state index contributed by atoms with van der Waals surface area (Å²) in [7, 11) is 0. The number of carbonyl (C=O) groups is 1. The van der Waals surface area contributed by atoms with E-state index in [2.05, 4.69) is 15.9 Å². The fourth-order valence-electron chi connectivity index (χ4n) is 0.648. The van der Waals surface area contributed by atoms with Crippen molar-refractivity contribution in [1.29, 1.82) is 5.26 Å². The normalized spacial score (nSPS) is 11.8. The van der Waals surface area contributed by atoms with Crippen LogP contribution < -0.4 is 0 Å². The van der Waals surface area contributed by atoms with Crippen molar-refractivity contribution in [3.05, 3.63) is 0 Å². The number of alkyl halides is 1. The smallest absolute Gasteiger partial charge is 0.249 e. The van der Waals surface area contributed by atoms with Crippen molar-refractivity contribution < 1.29 is 4.79 Å². The summed E-state index contributed by atoms with van der Waals surface area (Å²) in [4.78, 5) is 12.0. The molecule has 0 saturated heterocycles. The molecule has 0 aliphatic carbocycles. The molecule has 62 valence electrons. The Bertz CT molecular complexity index is 174. The number of halogens is 1. The summed E-state index contributed by atoms with van der Waals surface area (Å²) in [5.74, 6) is -0.172. The van der Waals surface area contributed by atoms with Crippen molar-refractivity contribution in [3.63, 3.8) is 0 Å². The molecule has 0 aromatic heterocycles. The average Bonchev–Trinajstić information content (AvgIpc) is 1.98. The minimum absolute atomic E-state index is 0.172. The van der Waals surface area contributed by atoms with Gasteiger partial charge in [0.05, 0.1) is 4.83 Å². The molecule has 0 spiro atoms. The van der Waals surface area contributed by atoms with Crippen LogP contribution in [-0.2, 0) is 4.79 Å². The minimum atomic E-state index is -0.270. The van der Waals surface area contributed by atoms with Crippen molar-refractivity contribution in [2.24, 2.45) is 0 Å². The van der Waals surface area contributed by atoms with Gasteiger partial charge in [-0.15, -0.1) is 0 Å². The van der Waals surface area contributed by atoms with Gasteiger partial charge in [0, 0.05) is 6.54 Å². The lowest BCUT2D eigenvalue weighted by atomic mass is 10.4. The van der Waals surface area contributed by atoms with E-state index >= 15 is 0 Å². The topological polar surface area (TPSA) is 44.1 Å². The van der Waals surface area contributed by atoms with E-state index in [1.807, 2.05) is 13.1 Å². The highest BCUT2D eigenvalue weighted by atomic mass is 79.9. The van der Waals surface area contributed by atoms with E-state index in [0.717, 1.165) is 6.42 Å². The Morgan fingerprint density at radius 3 is 2.64 bits per heavy atom. The summed E-state index contributed by atoms with van der Waals surface area (Å²) in [5.41, 5.74) is 0. The van der Waals surface area contributed by atoms with Crippen LogP contribution in [0.3, 0.4) is 0 Å². The molecule has 3 nitrogen and oxygen atoms in total. The zero-order chi connectivity index (χ0) is 8.85. The molecule has 0 aliphatic rings. The number of amides is 1. The molecule has 0 aromatic rings. The number of hydrogen-bond acceptors (Lipinski definition) is 2. The Labute approximate surface area is 75.1 Å². The van der Waals surface area contributed by atoms with Gasteiger partial charge in [-0.25, -0.2) is 4.90 Å². The highest BCUT2D eigenvalue weighted by Gasteiger charge is 2.16. The van der Waals surface area contributed by atoms with Crippen LogP contribution in [0.2, 0.25) is 0 Å². The Hall–Kier alpha value is -0.560. The van der Waals surface area contributed by atoms with Gasteiger partial charge in [-0.1, -0.05) is 22.9 Å². The highest BCUT2D eigenvalue weighted by molar-refractivity contribution is 9.10. The second-order valence-electron chi connectivity index (χ2n) is 2.21. The van der Waals surface area contributed by atoms with Crippen LogP contribution in [0, 0.1) is 11.5 Å². The van der Waals surface area contributed by atoms with Crippen LogP contribution in [-0.4, -0.2) is 22.2 Å². The Morgan fingerprint density at radius 1 is 1.82 bits per heavy atom. The van der Waals surface area contributed by atoms with Gasteiger partial charge in [-0.3, -0.25) is 4.79 Å². The monoisotopic (exact) mass is 218 g/mol. The Kier molecular flexibility index (Phi) is 4.88. The molecule has 0 heterocycles. The van der Waals surface area contributed by atoms with Crippen LogP contribution in [0.5, 0.6) is 0 Å². The molecule has 1 amide bonds. The largest absolute Gasteiger partial charge is 0.272 e. The van der Waals surface area contributed by atoms with Crippen molar-refractivity contribution in [3.8, 4) is 6.19 Å². The second-order valence-corrected chi connectivity index (χ2v) is 3.58. The van der Waals surface area contributed by atoms with Crippen LogP contribution in [0.25, 0.3) is 0 Å². The van der Waals surface area contributed by atoms with Crippen LogP contribution in [0.4, 0.5) is 0 Å². The minimum Gasteiger partial charge on any atom is -0.272 e. The van der Waals surface area contributed by atoms with Crippen LogP contribution in [0.1, 0.15) is 20.3 Å². The molecular formula is C7H11BrN2O. The lowest BCUT2D eigenvalue weighted by Crippen LogP contribution is -2.31. The fourth-order valence-corrected chi connectivity index (χ4v) is 0.895. The van der Waals surface area contributed by atoms with Gasteiger partial charge in [-0.05, 0) is 13.3 Å². The van der Waals surface area contributed by atoms with Crippen molar-refractivity contribution >= 4 is 21.8 Å². The first kappa shape index (κ1) is 10.4. The molecule has 4 heteroatoms. The molecule has 0 radical (unpaired) electrons. The van der Waals surface area contributed by atoms with Gasteiger partial charge in [0.1, 0.15) is 0 Å². The quantitative estimate of drug-likeness (QED) is 0.410. The summed E-state index contributed by atoms with van der Waals surface area (Å²) >= 11 is 3.11. The first-order valence-corrected chi connectivity index (χ1v) is 4.40. The van der Waals surface area contributed by atoms with E-state index in [0.29, 0.717) is 6.54 Å². The van der Waals surface area contributed by atoms with E-state index in [4.69, 9.17) is 5.26 Å². The number of nitrogens with zero attached hydrogens (tertiary/aromatic N) is 2. The summed E-state index contributed by atoms with van der Waals surface area (Å²) in [6, 6.07) is 0. The number of carbonyl (C=O) groups excluding carboxylic acids is 1.